The van der Waals surface area contributed by atoms with Crippen molar-refractivity contribution in [3.05, 3.63) is 65.7 Å². The summed E-state index contributed by atoms with van der Waals surface area (Å²) < 4.78 is 31.8. The molecule has 1 amide bonds. The fourth-order valence-electron chi connectivity index (χ4n) is 2.42. The highest BCUT2D eigenvalue weighted by atomic mass is 32.2. The van der Waals surface area contributed by atoms with Crippen molar-refractivity contribution in [2.24, 2.45) is 0 Å². The van der Waals surface area contributed by atoms with Gasteiger partial charge in [0.25, 0.3) is 15.9 Å². The van der Waals surface area contributed by atoms with Crippen LogP contribution in [-0.4, -0.2) is 43.0 Å². The monoisotopic (exact) mass is 418 g/mol. The lowest BCUT2D eigenvalue weighted by Gasteiger charge is -2.16. The predicted molar refractivity (Wildman–Crippen MR) is 106 cm³/mol. The molecule has 0 unspecified atom stereocenters. The SMILES string of the molecule is COc1ccccc1CN(C)S(=O)(=O)c1nnc(NC(=O)c2ccccc2)s1. The first-order valence-corrected chi connectivity index (χ1v) is 10.5. The number of carbonyl (C=O) groups excluding carboxylic acids is 1. The molecule has 0 aliphatic heterocycles. The highest BCUT2D eigenvalue weighted by Gasteiger charge is 2.27. The first-order valence-electron chi connectivity index (χ1n) is 8.20. The fourth-order valence-corrected chi connectivity index (χ4v) is 4.65. The number of amides is 1. The number of anilines is 1. The van der Waals surface area contributed by atoms with Crippen LogP contribution in [0.2, 0.25) is 0 Å². The Labute approximate surface area is 166 Å². The lowest BCUT2D eigenvalue weighted by molar-refractivity contribution is 0.102. The molecular formula is C18H18N4O4S2. The summed E-state index contributed by atoms with van der Waals surface area (Å²) in [5.41, 5.74) is 1.16. The van der Waals surface area contributed by atoms with E-state index in [4.69, 9.17) is 4.74 Å². The van der Waals surface area contributed by atoms with Crippen LogP contribution in [0.3, 0.4) is 0 Å². The van der Waals surface area contributed by atoms with E-state index in [9.17, 15) is 13.2 Å². The Hall–Kier alpha value is -2.82. The van der Waals surface area contributed by atoms with Gasteiger partial charge in [-0.25, -0.2) is 8.42 Å². The van der Waals surface area contributed by atoms with Crippen molar-refractivity contribution in [2.45, 2.75) is 10.9 Å². The second-order valence-corrected chi connectivity index (χ2v) is 8.96. The quantitative estimate of drug-likeness (QED) is 0.592. The van der Waals surface area contributed by atoms with Gasteiger partial charge in [0, 0.05) is 24.7 Å². The Morgan fingerprint density at radius 1 is 1.11 bits per heavy atom. The summed E-state index contributed by atoms with van der Waals surface area (Å²) in [4.78, 5) is 12.2. The summed E-state index contributed by atoms with van der Waals surface area (Å²) in [5, 5.41) is 10.2. The molecule has 10 heteroatoms. The Bertz CT molecular complexity index is 1070. The van der Waals surface area contributed by atoms with Gasteiger partial charge in [0.2, 0.25) is 9.47 Å². The Kier molecular flexibility index (Phi) is 6.02. The molecule has 0 bridgehead atoms. The maximum absolute atomic E-state index is 12.8. The van der Waals surface area contributed by atoms with Crippen LogP contribution in [-0.2, 0) is 16.6 Å². The van der Waals surface area contributed by atoms with Crippen molar-refractivity contribution < 1.29 is 17.9 Å². The normalized spacial score (nSPS) is 11.4. The molecule has 8 nitrogen and oxygen atoms in total. The van der Waals surface area contributed by atoms with E-state index >= 15 is 0 Å². The maximum Gasteiger partial charge on any atom is 0.272 e. The number of carbonyl (C=O) groups is 1. The topological polar surface area (TPSA) is 101 Å². The second kappa shape index (κ2) is 8.46. The fraction of sp³-hybridized carbons (Fsp3) is 0.167. The molecule has 0 radical (unpaired) electrons. The van der Waals surface area contributed by atoms with Crippen LogP contribution >= 0.6 is 11.3 Å². The molecular weight excluding hydrogens is 400 g/mol. The van der Waals surface area contributed by atoms with E-state index in [2.05, 4.69) is 15.5 Å². The van der Waals surface area contributed by atoms with E-state index in [0.29, 0.717) is 11.3 Å². The molecule has 0 saturated carbocycles. The van der Waals surface area contributed by atoms with E-state index in [1.54, 1.807) is 48.5 Å². The van der Waals surface area contributed by atoms with Gasteiger partial charge in [-0.05, 0) is 18.2 Å². The average molecular weight is 419 g/mol. The molecule has 28 heavy (non-hydrogen) atoms. The number of sulfonamides is 1. The summed E-state index contributed by atoms with van der Waals surface area (Å²) in [6.07, 6.45) is 0. The summed E-state index contributed by atoms with van der Waals surface area (Å²) >= 11 is 0.797. The van der Waals surface area contributed by atoms with Gasteiger partial charge in [-0.2, -0.15) is 4.31 Å². The van der Waals surface area contributed by atoms with Crippen LogP contribution in [0.25, 0.3) is 0 Å². The number of hydrogen-bond donors (Lipinski definition) is 1. The van der Waals surface area contributed by atoms with Crippen molar-refractivity contribution in [1.29, 1.82) is 0 Å². The number of hydrogen-bond acceptors (Lipinski definition) is 7. The van der Waals surface area contributed by atoms with Crippen LogP contribution < -0.4 is 10.1 Å². The number of nitrogens with one attached hydrogen (secondary N) is 1. The van der Waals surface area contributed by atoms with Crippen LogP contribution in [0.4, 0.5) is 5.13 Å². The van der Waals surface area contributed by atoms with Crippen LogP contribution in [0.5, 0.6) is 5.75 Å². The van der Waals surface area contributed by atoms with E-state index in [1.165, 1.54) is 14.2 Å². The standard InChI is InChI=1S/C18H18N4O4S2/c1-22(12-14-10-6-7-11-15(14)26-2)28(24,25)18-21-20-17(27-18)19-16(23)13-8-4-3-5-9-13/h3-11H,12H2,1-2H3,(H,19,20,23). The van der Waals surface area contributed by atoms with E-state index in [0.717, 1.165) is 21.2 Å². The molecule has 0 aliphatic carbocycles. The van der Waals surface area contributed by atoms with Gasteiger partial charge < -0.3 is 4.74 Å². The minimum Gasteiger partial charge on any atom is -0.496 e. The van der Waals surface area contributed by atoms with Crippen molar-refractivity contribution in [1.82, 2.24) is 14.5 Å². The summed E-state index contributed by atoms with van der Waals surface area (Å²) in [6.45, 7) is 0.109. The molecule has 3 aromatic rings. The third-order valence-electron chi connectivity index (χ3n) is 3.88. The lowest BCUT2D eigenvalue weighted by atomic mass is 10.2. The third-order valence-corrected chi connectivity index (χ3v) is 6.87. The van der Waals surface area contributed by atoms with Crippen LogP contribution in [0, 0.1) is 0 Å². The lowest BCUT2D eigenvalue weighted by Crippen LogP contribution is -2.26. The zero-order chi connectivity index (χ0) is 20.1. The number of rotatable bonds is 7. The Balaban J connectivity index is 1.74. The smallest absolute Gasteiger partial charge is 0.272 e. The van der Waals surface area contributed by atoms with E-state index in [1.807, 2.05) is 6.07 Å². The highest BCUT2D eigenvalue weighted by Crippen LogP contribution is 2.26. The van der Waals surface area contributed by atoms with Gasteiger partial charge in [0.05, 0.1) is 7.11 Å². The van der Waals surface area contributed by atoms with Gasteiger partial charge in [-0.15, -0.1) is 10.2 Å². The Morgan fingerprint density at radius 2 is 1.79 bits per heavy atom. The van der Waals surface area contributed by atoms with E-state index in [-0.39, 0.29) is 21.9 Å². The van der Waals surface area contributed by atoms with Crippen molar-refractivity contribution in [2.75, 3.05) is 19.5 Å². The van der Waals surface area contributed by atoms with Crippen LogP contribution in [0.1, 0.15) is 15.9 Å². The average Bonchev–Trinajstić information content (AvgIpc) is 3.18. The number of methoxy groups -OCH3 is 1. The van der Waals surface area contributed by atoms with Gasteiger partial charge in [0.1, 0.15) is 5.75 Å². The predicted octanol–water partition coefficient (Wildman–Crippen LogP) is 2.62. The zero-order valence-corrected chi connectivity index (χ0v) is 16.8. The molecule has 0 saturated heterocycles. The van der Waals surface area contributed by atoms with Gasteiger partial charge in [-0.1, -0.05) is 47.7 Å². The maximum atomic E-state index is 12.8. The zero-order valence-electron chi connectivity index (χ0n) is 15.2. The molecule has 0 atom stereocenters. The first-order chi connectivity index (χ1) is 13.4. The molecule has 2 aromatic carbocycles. The number of aromatic nitrogens is 2. The molecule has 1 heterocycles. The molecule has 3 rings (SSSR count). The third kappa shape index (κ3) is 4.35. The summed E-state index contributed by atoms with van der Waals surface area (Å²) in [5.74, 6) is 0.209. The minimum absolute atomic E-state index is 0.109. The van der Waals surface area contributed by atoms with Crippen molar-refractivity contribution in [3.8, 4) is 5.75 Å². The van der Waals surface area contributed by atoms with Gasteiger partial charge in [0.15, 0.2) is 0 Å². The largest absolute Gasteiger partial charge is 0.496 e. The Morgan fingerprint density at radius 3 is 2.50 bits per heavy atom. The molecule has 1 aromatic heterocycles. The molecule has 0 aliphatic rings. The van der Waals surface area contributed by atoms with Crippen LogP contribution in [0.15, 0.2) is 58.9 Å². The first kappa shape index (κ1) is 19.9. The molecule has 1 N–H and O–H groups in total. The van der Waals surface area contributed by atoms with Gasteiger partial charge >= 0.3 is 0 Å². The number of nitrogens with zero attached hydrogens (tertiary/aromatic N) is 3. The molecule has 0 fully saturated rings. The molecule has 146 valence electrons. The van der Waals surface area contributed by atoms with Crippen molar-refractivity contribution in [3.63, 3.8) is 0 Å². The highest BCUT2D eigenvalue weighted by molar-refractivity contribution is 7.91. The summed E-state index contributed by atoms with van der Waals surface area (Å²) in [7, 11) is -0.893. The summed E-state index contributed by atoms with van der Waals surface area (Å²) in [6, 6.07) is 15.7. The number of ether oxygens (including phenoxy) is 1. The number of para-hydroxylation sites is 1. The second-order valence-electron chi connectivity index (χ2n) is 5.77. The minimum atomic E-state index is -3.87. The van der Waals surface area contributed by atoms with Crippen molar-refractivity contribution >= 4 is 32.4 Å². The van der Waals surface area contributed by atoms with Gasteiger partial charge in [-0.3, -0.25) is 10.1 Å². The molecule has 0 spiro atoms. The number of benzene rings is 2. The van der Waals surface area contributed by atoms with E-state index < -0.39 is 10.0 Å².